The molecular weight excluding hydrogens is 647 g/mol. The smallest absolute Gasteiger partial charge is 0.387 e. The number of phosphoric acid groups is 1. The zero-order chi connectivity index (χ0) is 37.2. The maximum absolute atomic E-state index is 12.8. The fourth-order valence-corrected chi connectivity index (χ4v) is 6.53. The van der Waals surface area contributed by atoms with Crippen molar-refractivity contribution in [3.05, 3.63) is 24.3 Å². The highest BCUT2D eigenvalue weighted by molar-refractivity contribution is 7.47. The van der Waals surface area contributed by atoms with Crippen LogP contribution in [-0.4, -0.2) is 73.4 Å². The van der Waals surface area contributed by atoms with Crippen LogP contribution in [0.5, 0.6) is 0 Å². The Hall–Kier alpha value is -1.02. The zero-order valence-corrected chi connectivity index (χ0v) is 34.3. The van der Waals surface area contributed by atoms with Gasteiger partial charge in [0.2, 0.25) is 5.91 Å². The van der Waals surface area contributed by atoms with Crippen molar-refractivity contribution in [3.8, 4) is 0 Å². The highest BCUT2D eigenvalue weighted by Gasteiger charge is 2.27. The molecule has 0 aliphatic rings. The molecule has 0 aliphatic heterocycles. The van der Waals surface area contributed by atoms with Crippen molar-refractivity contribution in [1.82, 2.24) is 5.32 Å². The van der Waals surface area contributed by atoms with Crippen LogP contribution in [0.3, 0.4) is 0 Å². The van der Waals surface area contributed by atoms with Crippen LogP contribution in [0.25, 0.3) is 0 Å². The van der Waals surface area contributed by atoms with Crippen LogP contribution < -0.4 is 5.32 Å². The molecule has 0 spiro atoms. The minimum atomic E-state index is -4.33. The van der Waals surface area contributed by atoms with Gasteiger partial charge in [-0.25, -0.2) is 4.57 Å². The van der Waals surface area contributed by atoms with Gasteiger partial charge < -0.3 is 19.8 Å². The van der Waals surface area contributed by atoms with Crippen LogP contribution in [0.4, 0.5) is 0 Å². The molecule has 0 aromatic heterocycles. The number of allylic oxidation sites excluding steroid dienone is 3. The normalized spacial score (nSPS) is 14.8. The number of quaternary nitrogens is 1. The highest BCUT2D eigenvalue weighted by Crippen LogP contribution is 2.43. The Morgan fingerprint density at radius 2 is 1.08 bits per heavy atom. The first-order valence-corrected chi connectivity index (χ1v) is 22.2. The van der Waals surface area contributed by atoms with Crippen molar-refractivity contribution < 1.29 is 32.9 Å². The Morgan fingerprint density at radius 3 is 1.54 bits per heavy atom. The molecule has 1 amide bonds. The Morgan fingerprint density at radius 1 is 0.660 bits per heavy atom. The Kier molecular flexibility index (Phi) is 33.1. The number of nitrogens with zero attached hydrogens (tertiary/aromatic N) is 1. The Balaban J connectivity index is 4.48. The SMILES string of the molecule is CCCCCCCCC/C=C\CCCCCCCC(=O)NC(COP(=O)(O)OCC[N+](C)(C)C)C(O)/C=C/CCCCCCCCCCCC. The van der Waals surface area contributed by atoms with Crippen molar-refractivity contribution in [3.63, 3.8) is 0 Å². The van der Waals surface area contributed by atoms with E-state index in [2.05, 4.69) is 31.3 Å². The molecular formula is C41H82N2O6P+. The minimum Gasteiger partial charge on any atom is -0.387 e. The summed E-state index contributed by atoms with van der Waals surface area (Å²) in [5.74, 6) is -0.187. The molecule has 0 aliphatic carbocycles. The lowest BCUT2D eigenvalue weighted by Crippen LogP contribution is -2.45. The van der Waals surface area contributed by atoms with Gasteiger partial charge in [0, 0.05) is 6.42 Å². The molecule has 0 aromatic rings. The fraction of sp³-hybridized carbons (Fsp3) is 0.878. The summed E-state index contributed by atoms with van der Waals surface area (Å²) in [6.07, 6.45) is 38.1. The first-order valence-electron chi connectivity index (χ1n) is 20.7. The molecule has 3 unspecified atom stereocenters. The average molecular weight is 730 g/mol. The average Bonchev–Trinajstić information content (AvgIpc) is 3.06. The topological polar surface area (TPSA) is 105 Å². The van der Waals surface area contributed by atoms with Crippen LogP contribution in [0.1, 0.15) is 181 Å². The predicted octanol–water partition coefficient (Wildman–Crippen LogP) is 11.0. The molecule has 0 heterocycles. The van der Waals surface area contributed by atoms with Gasteiger partial charge in [0.1, 0.15) is 13.2 Å². The molecule has 296 valence electrons. The molecule has 0 rings (SSSR count). The summed E-state index contributed by atoms with van der Waals surface area (Å²) in [4.78, 5) is 23.0. The third-order valence-corrected chi connectivity index (χ3v) is 10.1. The Labute approximate surface area is 309 Å². The van der Waals surface area contributed by atoms with E-state index in [4.69, 9.17) is 9.05 Å². The number of amides is 1. The second-order valence-electron chi connectivity index (χ2n) is 15.4. The maximum atomic E-state index is 12.8. The lowest BCUT2D eigenvalue weighted by atomic mass is 10.1. The van der Waals surface area contributed by atoms with E-state index in [9.17, 15) is 19.4 Å². The van der Waals surface area contributed by atoms with Crippen molar-refractivity contribution in [1.29, 1.82) is 0 Å². The molecule has 0 saturated carbocycles. The zero-order valence-electron chi connectivity index (χ0n) is 33.4. The summed E-state index contributed by atoms with van der Waals surface area (Å²) in [5.41, 5.74) is 0. The predicted molar refractivity (Wildman–Crippen MR) is 212 cm³/mol. The van der Waals surface area contributed by atoms with Gasteiger partial charge in [-0.2, -0.15) is 0 Å². The van der Waals surface area contributed by atoms with E-state index in [0.29, 0.717) is 17.4 Å². The molecule has 0 saturated heterocycles. The van der Waals surface area contributed by atoms with Gasteiger partial charge in [-0.15, -0.1) is 0 Å². The third kappa shape index (κ3) is 35.4. The van der Waals surface area contributed by atoms with E-state index < -0.39 is 20.0 Å². The van der Waals surface area contributed by atoms with E-state index in [0.717, 1.165) is 51.4 Å². The second-order valence-corrected chi connectivity index (χ2v) is 16.8. The first kappa shape index (κ1) is 49.0. The van der Waals surface area contributed by atoms with E-state index in [1.807, 2.05) is 27.2 Å². The quantitative estimate of drug-likeness (QED) is 0.0254. The third-order valence-electron chi connectivity index (χ3n) is 9.17. The van der Waals surface area contributed by atoms with E-state index >= 15 is 0 Å². The number of hydrogen-bond acceptors (Lipinski definition) is 5. The fourth-order valence-electron chi connectivity index (χ4n) is 5.80. The summed E-state index contributed by atoms with van der Waals surface area (Å²) in [7, 11) is 1.57. The van der Waals surface area contributed by atoms with Gasteiger partial charge in [-0.1, -0.05) is 154 Å². The van der Waals surface area contributed by atoms with Crippen LogP contribution in [0.15, 0.2) is 24.3 Å². The first-order chi connectivity index (χ1) is 24.0. The number of carbonyl (C=O) groups excluding carboxylic acids is 1. The molecule has 0 bridgehead atoms. The van der Waals surface area contributed by atoms with Gasteiger partial charge in [-0.05, 0) is 44.9 Å². The number of aliphatic hydroxyl groups excluding tert-OH is 1. The summed E-state index contributed by atoms with van der Waals surface area (Å²) in [5, 5.41) is 13.8. The number of aliphatic hydroxyl groups is 1. The van der Waals surface area contributed by atoms with E-state index in [1.54, 1.807) is 6.08 Å². The summed E-state index contributed by atoms with van der Waals surface area (Å²) in [6.45, 7) is 4.78. The standard InChI is InChI=1S/C41H81N2O6P/c1-6-8-10-12-14-16-18-20-21-22-23-25-27-29-31-33-35-41(45)42-39(38-49-50(46,47)48-37-36-43(3,4)5)40(44)34-32-30-28-26-24-19-17-15-13-11-9-7-2/h21-22,32,34,39-40,44H,6-20,23-31,33,35-38H2,1-5H3,(H-,42,45,46,47)/p+1/b22-21-,34-32+. The van der Waals surface area contributed by atoms with Crippen LogP contribution in [0, 0.1) is 0 Å². The van der Waals surface area contributed by atoms with Gasteiger partial charge >= 0.3 is 7.82 Å². The van der Waals surface area contributed by atoms with Gasteiger partial charge in [-0.3, -0.25) is 13.8 Å². The highest BCUT2D eigenvalue weighted by atomic mass is 31.2. The molecule has 8 nitrogen and oxygen atoms in total. The molecule has 0 aromatic carbocycles. The van der Waals surface area contributed by atoms with Crippen molar-refractivity contribution in [2.75, 3.05) is 40.9 Å². The number of hydrogen-bond donors (Lipinski definition) is 3. The van der Waals surface area contributed by atoms with Gasteiger partial charge in [0.25, 0.3) is 0 Å². The molecule has 3 atom stereocenters. The largest absolute Gasteiger partial charge is 0.472 e. The van der Waals surface area contributed by atoms with E-state index in [1.165, 1.54) is 109 Å². The van der Waals surface area contributed by atoms with Crippen LogP contribution >= 0.6 is 7.82 Å². The monoisotopic (exact) mass is 730 g/mol. The molecule has 9 heteroatoms. The lowest BCUT2D eigenvalue weighted by Gasteiger charge is -2.25. The number of rotatable bonds is 37. The summed E-state index contributed by atoms with van der Waals surface area (Å²) < 4.78 is 23.5. The molecule has 0 radical (unpaired) electrons. The van der Waals surface area contributed by atoms with Crippen molar-refractivity contribution in [2.45, 2.75) is 193 Å². The Bertz CT molecular complexity index is 876. The minimum absolute atomic E-state index is 0.0607. The van der Waals surface area contributed by atoms with Gasteiger partial charge in [0.05, 0.1) is 39.9 Å². The maximum Gasteiger partial charge on any atom is 0.472 e. The van der Waals surface area contributed by atoms with Crippen LogP contribution in [-0.2, 0) is 18.4 Å². The molecule has 3 N–H and O–H groups in total. The number of nitrogens with one attached hydrogen (secondary N) is 1. The lowest BCUT2D eigenvalue weighted by molar-refractivity contribution is -0.870. The number of carbonyl (C=O) groups is 1. The summed E-state index contributed by atoms with van der Waals surface area (Å²) >= 11 is 0. The number of phosphoric ester groups is 1. The molecule has 50 heavy (non-hydrogen) atoms. The number of unbranched alkanes of at least 4 members (excludes halogenated alkanes) is 22. The van der Waals surface area contributed by atoms with Crippen molar-refractivity contribution >= 4 is 13.7 Å². The van der Waals surface area contributed by atoms with Gasteiger partial charge in [0.15, 0.2) is 0 Å². The van der Waals surface area contributed by atoms with Crippen molar-refractivity contribution in [2.24, 2.45) is 0 Å². The van der Waals surface area contributed by atoms with E-state index in [-0.39, 0.29) is 19.1 Å². The second kappa shape index (κ2) is 33.8. The molecule has 0 fully saturated rings. The summed E-state index contributed by atoms with van der Waals surface area (Å²) in [6, 6.07) is -0.846. The number of likely N-dealkylation sites (N-methyl/N-ethyl adjacent to an activating group) is 1. The van der Waals surface area contributed by atoms with Crippen LogP contribution in [0.2, 0.25) is 0 Å².